The second kappa shape index (κ2) is 5.55. The predicted molar refractivity (Wildman–Crippen MR) is 59.5 cm³/mol. The van der Waals surface area contributed by atoms with E-state index in [0.717, 1.165) is 23.0 Å². The molecular weight excluding hydrogens is 204 g/mol. The normalized spacial score (nSPS) is 10.7. The topological polar surface area (TPSA) is 17.8 Å². The zero-order valence-corrected chi connectivity index (χ0v) is 9.66. The highest BCUT2D eigenvalue weighted by atomic mass is 35.5. The van der Waals surface area contributed by atoms with Gasteiger partial charge in [-0.05, 0) is 24.0 Å². The van der Waals surface area contributed by atoms with E-state index in [2.05, 4.69) is 12.0 Å². The molecule has 0 aliphatic carbocycles. The van der Waals surface area contributed by atoms with Gasteiger partial charge in [-0.1, -0.05) is 18.5 Å². The van der Waals surface area contributed by atoms with Gasteiger partial charge in [0.05, 0.1) is 5.69 Å². The van der Waals surface area contributed by atoms with Crippen molar-refractivity contribution in [2.45, 2.75) is 19.8 Å². The van der Waals surface area contributed by atoms with Crippen molar-refractivity contribution in [3.05, 3.63) is 16.9 Å². The van der Waals surface area contributed by atoms with E-state index in [-0.39, 0.29) is 0 Å². The fourth-order valence-corrected chi connectivity index (χ4v) is 2.06. The van der Waals surface area contributed by atoms with E-state index >= 15 is 0 Å². The van der Waals surface area contributed by atoms with Gasteiger partial charge < -0.3 is 0 Å². The lowest BCUT2D eigenvalue weighted by atomic mass is 10.3. The monoisotopic (exact) mass is 218 g/mol. The number of thioether (sulfide) groups is 1. The first-order chi connectivity index (χ1) is 6.24. The number of hydrogen-bond donors (Lipinski definition) is 0. The Morgan fingerprint density at radius 2 is 2.31 bits per heavy atom. The number of hydrogen-bond acceptors (Lipinski definition) is 2. The molecule has 0 saturated carbocycles. The van der Waals surface area contributed by atoms with Gasteiger partial charge in [-0.2, -0.15) is 16.9 Å². The maximum Gasteiger partial charge on any atom is 0.126 e. The molecule has 0 unspecified atom stereocenters. The molecule has 0 aliphatic rings. The molecule has 1 heterocycles. The van der Waals surface area contributed by atoms with Gasteiger partial charge in [0.1, 0.15) is 5.15 Å². The number of rotatable bonds is 5. The summed E-state index contributed by atoms with van der Waals surface area (Å²) in [5.74, 6) is 2.38. The number of nitrogens with zero attached hydrogens (tertiary/aromatic N) is 2. The van der Waals surface area contributed by atoms with Crippen molar-refractivity contribution in [1.29, 1.82) is 0 Å². The summed E-state index contributed by atoms with van der Waals surface area (Å²) in [6, 6.07) is 1.94. The van der Waals surface area contributed by atoms with E-state index in [4.69, 9.17) is 11.6 Å². The Morgan fingerprint density at radius 1 is 1.54 bits per heavy atom. The fourth-order valence-electron chi connectivity index (χ4n) is 1.05. The highest BCUT2D eigenvalue weighted by Gasteiger charge is 2.01. The molecule has 0 saturated heterocycles. The molecule has 0 bridgehead atoms. The third-order valence-corrected chi connectivity index (χ3v) is 3.27. The van der Waals surface area contributed by atoms with Crippen LogP contribution < -0.4 is 0 Å². The average Bonchev–Trinajstić information content (AvgIpc) is 2.41. The average molecular weight is 219 g/mol. The maximum atomic E-state index is 5.86. The van der Waals surface area contributed by atoms with Crippen molar-refractivity contribution in [3.63, 3.8) is 0 Å². The maximum absolute atomic E-state index is 5.86. The summed E-state index contributed by atoms with van der Waals surface area (Å²) in [6.07, 6.45) is 2.26. The first-order valence-corrected chi connectivity index (χ1v) is 6.03. The van der Waals surface area contributed by atoms with Crippen LogP contribution in [-0.4, -0.2) is 21.3 Å². The smallest absolute Gasteiger partial charge is 0.126 e. The predicted octanol–water partition coefficient (Wildman–Crippen LogP) is 2.76. The molecule has 13 heavy (non-hydrogen) atoms. The van der Waals surface area contributed by atoms with Crippen LogP contribution in [0.25, 0.3) is 0 Å². The third-order valence-electron chi connectivity index (χ3n) is 1.72. The quantitative estimate of drug-likeness (QED) is 0.708. The Bertz CT molecular complexity index is 241. The van der Waals surface area contributed by atoms with Crippen LogP contribution in [0, 0.1) is 0 Å². The summed E-state index contributed by atoms with van der Waals surface area (Å²) >= 11 is 7.83. The van der Waals surface area contributed by atoms with Crippen LogP contribution in [0.5, 0.6) is 0 Å². The number of aryl methyl sites for hydroxylation is 2. The second-order valence-electron chi connectivity index (χ2n) is 2.94. The number of halogens is 1. The summed E-state index contributed by atoms with van der Waals surface area (Å²) in [4.78, 5) is 0. The molecule has 0 aromatic carbocycles. The van der Waals surface area contributed by atoms with E-state index in [9.17, 15) is 0 Å². The zero-order valence-electron chi connectivity index (χ0n) is 8.09. The summed E-state index contributed by atoms with van der Waals surface area (Å²) in [5, 5.41) is 5.00. The highest BCUT2D eigenvalue weighted by Crippen LogP contribution is 2.12. The van der Waals surface area contributed by atoms with Crippen molar-refractivity contribution >= 4 is 23.4 Å². The molecule has 0 aliphatic heterocycles. The first kappa shape index (κ1) is 10.9. The molecule has 0 spiro atoms. The molecule has 4 heteroatoms. The van der Waals surface area contributed by atoms with Crippen molar-refractivity contribution in [2.24, 2.45) is 7.05 Å². The lowest BCUT2D eigenvalue weighted by Gasteiger charge is -1.96. The molecule has 1 aromatic heterocycles. The van der Waals surface area contributed by atoms with Gasteiger partial charge in [-0.15, -0.1) is 0 Å². The molecule has 2 nitrogen and oxygen atoms in total. The van der Waals surface area contributed by atoms with Gasteiger partial charge in [-0.3, -0.25) is 4.68 Å². The summed E-state index contributed by atoms with van der Waals surface area (Å²) in [5.41, 5.74) is 1.09. The van der Waals surface area contributed by atoms with Crippen molar-refractivity contribution < 1.29 is 0 Å². The van der Waals surface area contributed by atoms with Gasteiger partial charge in [0, 0.05) is 13.5 Å². The third kappa shape index (κ3) is 3.61. The first-order valence-electron chi connectivity index (χ1n) is 4.50. The van der Waals surface area contributed by atoms with E-state index in [1.807, 2.05) is 24.9 Å². The minimum Gasteiger partial charge on any atom is -0.257 e. The summed E-state index contributed by atoms with van der Waals surface area (Å²) < 4.78 is 1.71. The lowest BCUT2D eigenvalue weighted by molar-refractivity contribution is 0.747. The Labute approximate surface area is 88.7 Å². The van der Waals surface area contributed by atoms with Crippen molar-refractivity contribution in [1.82, 2.24) is 9.78 Å². The van der Waals surface area contributed by atoms with E-state index in [1.54, 1.807) is 4.68 Å². The highest BCUT2D eigenvalue weighted by molar-refractivity contribution is 7.99. The van der Waals surface area contributed by atoms with Gasteiger partial charge in [0.25, 0.3) is 0 Å². The molecule has 0 atom stereocenters. The van der Waals surface area contributed by atoms with Crippen LogP contribution in [0.1, 0.15) is 19.0 Å². The Morgan fingerprint density at radius 3 is 2.85 bits per heavy atom. The van der Waals surface area contributed by atoms with Gasteiger partial charge in [0.2, 0.25) is 0 Å². The standard InChI is InChI=1S/C9H15ClN2S/c1-3-5-13-6-4-8-7-9(10)12(2)11-8/h7H,3-6H2,1-2H3. The second-order valence-corrected chi connectivity index (χ2v) is 4.56. The molecule has 74 valence electrons. The minimum atomic E-state index is 0.718. The van der Waals surface area contributed by atoms with E-state index in [1.165, 1.54) is 12.2 Å². The van der Waals surface area contributed by atoms with Crippen LogP contribution in [0.15, 0.2) is 6.07 Å². The molecule has 0 N–H and O–H groups in total. The van der Waals surface area contributed by atoms with Crippen LogP contribution in [0.2, 0.25) is 5.15 Å². The minimum absolute atomic E-state index is 0.718. The van der Waals surface area contributed by atoms with Crippen molar-refractivity contribution in [2.75, 3.05) is 11.5 Å². The molecule has 1 rings (SSSR count). The van der Waals surface area contributed by atoms with Crippen molar-refractivity contribution in [3.8, 4) is 0 Å². The molecular formula is C9H15ClN2S. The van der Waals surface area contributed by atoms with Crippen LogP contribution >= 0.6 is 23.4 Å². The molecule has 0 radical (unpaired) electrons. The zero-order chi connectivity index (χ0) is 9.68. The lowest BCUT2D eigenvalue weighted by Crippen LogP contribution is -1.94. The molecule has 0 amide bonds. The fraction of sp³-hybridized carbons (Fsp3) is 0.667. The van der Waals surface area contributed by atoms with Gasteiger partial charge >= 0.3 is 0 Å². The van der Waals surface area contributed by atoms with E-state index < -0.39 is 0 Å². The number of aromatic nitrogens is 2. The summed E-state index contributed by atoms with van der Waals surface area (Å²) in [7, 11) is 1.87. The largest absolute Gasteiger partial charge is 0.257 e. The van der Waals surface area contributed by atoms with Crippen LogP contribution in [0.3, 0.4) is 0 Å². The Kier molecular flexibility index (Phi) is 4.67. The Balaban J connectivity index is 2.29. The Hall–Kier alpha value is -0.150. The SMILES string of the molecule is CCCSCCc1cc(Cl)n(C)n1. The van der Waals surface area contributed by atoms with E-state index in [0.29, 0.717) is 0 Å². The van der Waals surface area contributed by atoms with Gasteiger partial charge in [-0.25, -0.2) is 0 Å². The van der Waals surface area contributed by atoms with Gasteiger partial charge in [0.15, 0.2) is 0 Å². The van der Waals surface area contributed by atoms with Crippen LogP contribution in [-0.2, 0) is 13.5 Å². The summed E-state index contributed by atoms with van der Waals surface area (Å²) in [6.45, 7) is 2.20. The molecule has 1 aromatic rings. The molecule has 0 fully saturated rings. The van der Waals surface area contributed by atoms with Crippen LogP contribution in [0.4, 0.5) is 0 Å².